The normalized spacial score (nSPS) is 9.57. The molecule has 14 heavy (non-hydrogen) atoms. The second-order valence-corrected chi connectivity index (χ2v) is 3.24. The van der Waals surface area contributed by atoms with Crippen LogP contribution in [0.15, 0.2) is 36.4 Å². The van der Waals surface area contributed by atoms with Crippen molar-refractivity contribution in [3.63, 3.8) is 0 Å². The molecule has 0 amide bonds. The van der Waals surface area contributed by atoms with Gasteiger partial charge in [-0.15, -0.1) is 0 Å². The first-order chi connectivity index (χ1) is 6.63. The van der Waals surface area contributed by atoms with Gasteiger partial charge in [-0.1, -0.05) is 25.1 Å². The number of esters is 1. The van der Waals surface area contributed by atoms with E-state index in [9.17, 15) is 4.79 Å². The summed E-state index contributed by atoms with van der Waals surface area (Å²) in [5, 5.41) is 0.610. The van der Waals surface area contributed by atoms with E-state index in [1.54, 1.807) is 24.3 Å². The van der Waals surface area contributed by atoms with E-state index < -0.39 is 5.97 Å². The number of carbonyl (C=O) groups excluding carboxylic acids is 1. The summed E-state index contributed by atoms with van der Waals surface area (Å²) in [5.74, 6) is 0.0869. The minimum absolute atomic E-state index is 0.394. The number of rotatable bonds is 3. The third-order valence-electron chi connectivity index (χ3n) is 1.74. The summed E-state index contributed by atoms with van der Waals surface area (Å²) in [7, 11) is 0. The molecule has 1 rings (SSSR count). The van der Waals surface area contributed by atoms with Crippen LogP contribution < -0.4 is 4.74 Å². The highest BCUT2D eigenvalue weighted by Crippen LogP contribution is 2.16. The highest BCUT2D eigenvalue weighted by atomic mass is 35.5. The molecule has 0 saturated carbocycles. The summed E-state index contributed by atoms with van der Waals surface area (Å²) >= 11 is 5.68. The zero-order valence-electron chi connectivity index (χ0n) is 7.92. The molecule has 0 aromatic heterocycles. The molecule has 1 aromatic rings. The first-order valence-electron chi connectivity index (χ1n) is 4.29. The SMILES string of the molecule is C=C(CC)C(=O)Oc1ccc(Cl)cc1. The summed E-state index contributed by atoms with van der Waals surface area (Å²) in [6.45, 7) is 5.44. The standard InChI is InChI=1S/C11H11ClO2/c1-3-8(2)11(13)14-10-6-4-9(12)5-7-10/h4-7H,2-3H2,1H3. The van der Waals surface area contributed by atoms with E-state index in [-0.39, 0.29) is 0 Å². The van der Waals surface area contributed by atoms with Gasteiger partial charge in [0.2, 0.25) is 0 Å². The molecule has 0 spiro atoms. The number of carbonyl (C=O) groups is 1. The Morgan fingerprint density at radius 2 is 2.00 bits per heavy atom. The highest BCUT2D eigenvalue weighted by molar-refractivity contribution is 6.30. The Kier molecular flexibility index (Phi) is 3.72. The van der Waals surface area contributed by atoms with Crippen LogP contribution in [-0.4, -0.2) is 5.97 Å². The fraction of sp³-hybridized carbons (Fsp3) is 0.182. The smallest absolute Gasteiger partial charge is 0.338 e. The molecule has 0 fully saturated rings. The maximum Gasteiger partial charge on any atom is 0.338 e. The summed E-state index contributed by atoms with van der Waals surface area (Å²) in [6.07, 6.45) is 0.590. The van der Waals surface area contributed by atoms with Gasteiger partial charge in [-0.2, -0.15) is 0 Å². The maximum atomic E-state index is 11.3. The molecule has 0 heterocycles. The van der Waals surface area contributed by atoms with Crippen LogP contribution in [0.3, 0.4) is 0 Å². The van der Waals surface area contributed by atoms with Crippen molar-refractivity contribution in [2.45, 2.75) is 13.3 Å². The van der Waals surface area contributed by atoms with Crippen molar-refractivity contribution in [2.75, 3.05) is 0 Å². The molecule has 0 aliphatic heterocycles. The van der Waals surface area contributed by atoms with Gasteiger partial charge in [0.25, 0.3) is 0 Å². The molecule has 2 nitrogen and oxygen atoms in total. The van der Waals surface area contributed by atoms with Crippen molar-refractivity contribution in [3.8, 4) is 5.75 Å². The van der Waals surface area contributed by atoms with Gasteiger partial charge >= 0.3 is 5.97 Å². The largest absolute Gasteiger partial charge is 0.423 e. The lowest BCUT2D eigenvalue weighted by Gasteiger charge is -2.04. The number of hydrogen-bond acceptors (Lipinski definition) is 2. The second kappa shape index (κ2) is 4.82. The summed E-state index contributed by atoms with van der Waals surface area (Å²) in [5.41, 5.74) is 0.458. The fourth-order valence-electron chi connectivity index (χ4n) is 0.826. The molecule has 0 aliphatic carbocycles. The van der Waals surface area contributed by atoms with E-state index in [1.807, 2.05) is 6.92 Å². The van der Waals surface area contributed by atoms with Crippen LogP contribution in [0.5, 0.6) is 5.75 Å². The zero-order valence-corrected chi connectivity index (χ0v) is 8.67. The maximum absolute atomic E-state index is 11.3. The van der Waals surface area contributed by atoms with Gasteiger partial charge in [0.1, 0.15) is 5.75 Å². The lowest BCUT2D eigenvalue weighted by Crippen LogP contribution is -2.09. The molecule has 0 aliphatic rings. The number of benzene rings is 1. The fourth-order valence-corrected chi connectivity index (χ4v) is 0.952. The van der Waals surface area contributed by atoms with Gasteiger partial charge < -0.3 is 4.74 Å². The van der Waals surface area contributed by atoms with Crippen LogP contribution in [0.1, 0.15) is 13.3 Å². The average molecular weight is 211 g/mol. The monoisotopic (exact) mass is 210 g/mol. The van der Waals surface area contributed by atoms with E-state index in [2.05, 4.69) is 6.58 Å². The minimum Gasteiger partial charge on any atom is -0.423 e. The lowest BCUT2D eigenvalue weighted by molar-refractivity contribution is -0.130. The van der Waals surface area contributed by atoms with E-state index in [0.29, 0.717) is 22.8 Å². The van der Waals surface area contributed by atoms with E-state index in [0.717, 1.165) is 0 Å². The topological polar surface area (TPSA) is 26.3 Å². The third-order valence-corrected chi connectivity index (χ3v) is 1.99. The Bertz CT molecular complexity index is 341. The van der Waals surface area contributed by atoms with E-state index in [1.165, 1.54) is 0 Å². The van der Waals surface area contributed by atoms with Crippen molar-refractivity contribution < 1.29 is 9.53 Å². The van der Waals surface area contributed by atoms with Crippen LogP contribution in [0.2, 0.25) is 5.02 Å². The van der Waals surface area contributed by atoms with Crippen LogP contribution >= 0.6 is 11.6 Å². The van der Waals surface area contributed by atoms with Crippen LogP contribution in [0.4, 0.5) is 0 Å². The molecule has 74 valence electrons. The van der Waals surface area contributed by atoms with Gasteiger partial charge in [-0.3, -0.25) is 0 Å². The Labute approximate surface area is 88.1 Å². The van der Waals surface area contributed by atoms with E-state index in [4.69, 9.17) is 16.3 Å². The number of hydrogen-bond donors (Lipinski definition) is 0. The molecular formula is C11H11ClO2. The van der Waals surface area contributed by atoms with Crippen molar-refractivity contribution in [3.05, 3.63) is 41.4 Å². The van der Waals surface area contributed by atoms with Crippen LogP contribution in [-0.2, 0) is 4.79 Å². The van der Waals surface area contributed by atoms with Gasteiger partial charge in [-0.25, -0.2) is 4.79 Å². The van der Waals surface area contributed by atoms with Crippen LogP contribution in [0, 0.1) is 0 Å². The summed E-state index contributed by atoms with van der Waals surface area (Å²) < 4.78 is 5.02. The Hall–Kier alpha value is -1.28. The molecule has 0 radical (unpaired) electrons. The lowest BCUT2D eigenvalue weighted by atomic mass is 10.2. The van der Waals surface area contributed by atoms with E-state index >= 15 is 0 Å². The zero-order chi connectivity index (χ0) is 10.6. The van der Waals surface area contributed by atoms with Crippen LogP contribution in [0.25, 0.3) is 0 Å². The Balaban J connectivity index is 2.65. The van der Waals surface area contributed by atoms with Crippen molar-refractivity contribution in [1.82, 2.24) is 0 Å². The molecular weight excluding hydrogens is 200 g/mol. The van der Waals surface area contributed by atoms with Crippen molar-refractivity contribution in [2.24, 2.45) is 0 Å². The number of halogens is 1. The van der Waals surface area contributed by atoms with Gasteiger partial charge in [-0.05, 0) is 30.7 Å². The molecule has 0 bridgehead atoms. The molecule has 0 atom stereocenters. The van der Waals surface area contributed by atoms with Crippen molar-refractivity contribution >= 4 is 17.6 Å². The molecule has 0 N–H and O–H groups in total. The van der Waals surface area contributed by atoms with Gasteiger partial charge in [0, 0.05) is 10.6 Å². The molecule has 1 aromatic carbocycles. The quantitative estimate of drug-likeness (QED) is 0.435. The predicted octanol–water partition coefficient (Wildman–Crippen LogP) is 3.21. The third kappa shape index (κ3) is 2.89. The molecule has 3 heteroatoms. The summed E-state index contributed by atoms with van der Waals surface area (Å²) in [6, 6.07) is 6.62. The highest BCUT2D eigenvalue weighted by Gasteiger charge is 2.06. The predicted molar refractivity (Wildman–Crippen MR) is 56.5 cm³/mol. The molecule has 0 unspecified atom stereocenters. The number of ether oxygens (including phenoxy) is 1. The van der Waals surface area contributed by atoms with Crippen molar-refractivity contribution in [1.29, 1.82) is 0 Å². The average Bonchev–Trinajstić information content (AvgIpc) is 2.20. The van der Waals surface area contributed by atoms with Gasteiger partial charge in [0.05, 0.1) is 0 Å². The second-order valence-electron chi connectivity index (χ2n) is 2.80. The Morgan fingerprint density at radius 3 is 2.50 bits per heavy atom. The van der Waals surface area contributed by atoms with Gasteiger partial charge in [0.15, 0.2) is 0 Å². The summed E-state index contributed by atoms with van der Waals surface area (Å²) in [4.78, 5) is 11.3. The molecule has 0 saturated heterocycles. The Morgan fingerprint density at radius 1 is 1.43 bits per heavy atom. The first kappa shape index (κ1) is 10.8. The first-order valence-corrected chi connectivity index (χ1v) is 4.66. The minimum atomic E-state index is -0.394.